The van der Waals surface area contributed by atoms with Crippen LogP contribution in [0.1, 0.15) is 47.4 Å². The Labute approximate surface area is 187 Å². The Hall–Kier alpha value is -1.44. The van der Waals surface area contributed by atoms with Gasteiger partial charge in [-0.1, -0.05) is 23.7 Å². The number of hydrogen-bond acceptors (Lipinski definition) is 5. The second-order valence-corrected chi connectivity index (χ2v) is 9.74. The van der Waals surface area contributed by atoms with Gasteiger partial charge in [-0.3, -0.25) is 14.6 Å². The van der Waals surface area contributed by atoms with Crippen molar-refractivity contribution in [3.05, 3.63) is 50.9 Å². The number of carbonyl (C=O) groups excluding carboxylic acids is 1. The number of fused-ring (bicyclic) bond motifs is 1. The summed E-state index contributed by atoms with van der Waals surface area (Å²) < 4.78 is 0. The zero-order chi connectivity index (χ0) is 21.1. The number of rotatable bonds is 6. The van der Waals surface area contributed by atoms with Crippen LogP contribution in [0.3, 0.4) is 0 Å². The standard InChI is InChI=1S/C23H30ClN3O2S/c1-16(29)25-23-21(19-7-2-3-8-20(19)30-23)22(17-5-4-6-18(24)15-17)27-11-9-26(10-12-27)13-14-28/h4-6,15,22,28H,2-3,7-14H2,1H3,(H,25,29)/t22-/m1/s1. The molecule has 2 aliphatic rings. The van der Waals surface area contributed by atoms with Gasteiger partial charge in [-0.25, -0.2) is 0 Å². The first kappa shape index (κ1) is 21.8. The van der Waals surface area contributed by atoms with Crippen LogP contribution in [-0.2, 0) is 17.6 Å². The summed E-state index contributed by atoms with van der Waals surface area (Å²) in [6.45, 7) is 6.20. The van der Waals surface area contributed by atoms with E-state index in [2.05, 4.69) is 27.2 Å². The van der Waals surface area contributed by atoms with E-state index < -0.39 is 0 Å². The molecule has 0 spiro atoms. The summed E-state index contributed by atoms with van der Waals surface area (Å²) in [5.41, 5.74) is 3.87. The Morgan fingerprint density at radius 2 is 2.00 bits per heavy atom. The Kier molecular flexibility index (Phi) is 7.11. The van der Waals surface area contributed by atoms with Crippen molar-refractivity contribution in [2.75, 3.05) is 44.6 Å². The summed E-state index contributed by atoms with van der Waals surface area (Å²) in [7, 11) is 0. The third kappa shape index (κ3) is 4.73. The molecule has 2 N–H and O–H groups in total. The highest BCUT2D eigenvalue weighted by Gasteiger charge is 2.33. The zero-order valence-electron chi connectivity index (χ0n) is 17.5. The quantitative estimate of drug-likeness (QED) is 0.704. The lowest BCUT2D eigenvalue weighted by molar-refractivity contribution is -0.114. The van der Waals surface area contributed by atoms with Crippen molar-refractivity contribution < 1.29 is 9.90 Å². The molecule has 2 heterocycles. The first-order chi connectivity index (χ1) is 14.6. The lowest BCUT2D eigenvalue weighted by atomic mass is 9.88. The SMILES string of the molecule is CC(=O)Nc1sc2c(c1[C@@H](c1cccc(Cl)c1)N1CCN(CCO)CC1)CCCC2. The van der Waals surface area contributed by atoms with Crippen molar-refractivity contribution in [1.29, 1.82) is 0 Å². The number of aliphatic hydroxyl groups excluding tert-OH is 1. The van der Waals surface area contributed by atoms with Gasteiger partial charge in [-0.2, -0.15) is 0 Å². The third-order valence-corrected chi connectivity index (χ3v) is 7.59. The fraction of sp³-hybridized carbons (Fsp3) is 0.522. The molecular weight excluding hydrogens is 418 g/mol. The minimum Gasteiger partial charge on any atom is -0.395 e. The van der Waals surface area contributed by atoms with Crippen LogP contribution in [0.25, 0.3) is 0 Å². The fourth-order valence-corrected chi connectivity index (χ4v) is 6.32. The predicted molar refractivity (Wildman–Crippen MR) is 124 cm³/mol. The average Bonchev–Trinajstić information content (AvgIpc) is 3.07. The maximum atomic E-state index is 12.0. The number of nitrogens with one attached hydrogen (secondary N) is 1. The van der Waals surface area contributed by atoms with Crippen LogP contribution in [0.5, 0.6) is 0 Å². The molecule has 4 rings (SSSR count). The Morgan fingerprint density at radius 1 is 1.23 bits per heavy atom. The Bertz CT molecular complexity index is 893. The molecule has 1 aromatic carbocycles. The number of benzene rings is 1. The number of halogens is 1. The molecule has 162 valence electrons. The van der Waals surface area contributed by atoms with Gasteiger partial charge in [-0.15, -0.1) is 11.3 Å². The van der Waals surface area contributed by atoms with Crippen molar-refractivity contribution in [3.63, 3.8) is 0 Å². The van der Waals surface area contributed by atoms with Crippen molar-refractivity contribution in [1.82, 2.24) is 9.80 Å². The molecule has 1 aliphatic heterocycles. The van der Waals surface area contributed by atoms with Crippen molar-refractivity contribution in [3.8, 4) is 0 Å². The minimum absolute atomic E-state index is 0.0209. The molecule has 1 amide bonds. The molecule has 1 atom stereocenters. The second-order valence-electron chi connectivity index (χ2n) is 8.19. The second kappa shape index (κ2) is 9.79. The van der Waals surface area contributed by atoms with Gasteiger partial charge >= 0.3 is 0 Å². The number of thiophene rings is 1. The van der Waals surface area contributed by atoms with E-state index in [0.29, 0.717) is 0 Å². The average molecular weight is 448 g/mol. The molecular formula is C23H30ClN3O2S. The highest BCUT2D eigenvalue weighted by molar-refractivity contribution is 7.16. The van der Waals surface area contributed by atoms with Crippen LogP contribution < -0.4 is 5.32 Å². The number of nitrogens with zero attached hydrogens (tertiary/aromatic N) is 2. The zero-order valence-corrected chi connectivity index (χ0v) is 19.1. The van der Waals surface area contributed by atoms with Crippen molar-refractivity contribution in [2.45, 2.75) is 38.6 Å². The molecule has 0 unspecified atom stereocenters. The molecule has 1 fully saturated rings. The summed E-state index contributed by atoms with van der Waals surface area (Å²) >= 11 is 8.15. The molecule has 30 heavy (non-hydrogen) atoms. The van der Waals surface area contributed by atoms with Crippen LogP contribution in [0, 0.1) is 0 Å². The highest BCUT2D eigenvalue weighted by atomic mass is 35.5. The number of piperazine rings is 1. The number of hydrogen-bond donors (Lipinski definition) is 2. The number of β-amino-alcohol motifs (C(OH)–C–C–N with tert-alkyl or cyclic N) is 1. The summed E-state index contributed by atoms with van der Waals surface area (Å²) in [6.07, 6.45) is 4.58. The molecule has 1 aromatic heterocycles. The minimum atomic E-state index is -0.0209. The number of amides is 1. The van der Waals surface area contributed by atoms with E-state index in [1.54, 1.807) is 18.3 Å². The Morgan fingerprint density at radius 3 is 2.70 bits per heavy atom. The first-order valence-corrected chi connectivity index (χ1v) is 12.0. The van der Waals surface area contributed by atoms with Crippen molar-refractivity contribution in [2.24, 2.45) is 0 Å². The van der Waals surface area contributed by atoms with Crippen LogP contribution in [0.4, 0.5) is 5.00 Å². The van der Waals surface area contributed by atoms with E-state index in [-0.39, 0.29) is 18.6 Å². The predicted octanol–water partition coefficient (Wildman–Crippen LogP) is 3.94. The van der Waals surface area contributed by atoms with E-state index >= 15 is 0 Å². The molecule has 1 saturated heterocycles. The number of aryl methyl sites for hydroxylation is 1. The first-order valence-electron chi connectivity index (χ1n) is 10.8. The largest absolute Gasteiger partial charge is 0.395 e. The smallest absolute Gasteiger partial charge is 0.221 e. The topological polar surface area (TPSA) is 55.8 Å². The van der Waals surface area contributed by atoms with Crippen LogP contribution in [0.15, 0.2) is 24.3 Å². The summed E-state index contributed by atoms with van der Waals surface area (Å²) in [6, 6.07) is 8.22. The summed E-state index contributed by atoms with van der Waals surface area (Å²) in [5.74, 6) is -0.0209. The van der Waals surface area contributed by atoms with Crippen LogP contribution in [-0.4, -0.2) is 60.1 Å². The lowest BCUT2D eigenvalue weighted by Crippen LogP contribution is -2.48. The third-order valence-electron chi connectivity index (χ3n) is 6.13. The molecule has 0 radical (unpaired) electrons. The molecule has 5 nitrogen and oxygen atoms in total. The normalized spacial score (nSPS) is 18.8. The summed E-state index contributed by atoms with van der Waals surface area (Å²) in [4.78, 5) is 18.3. The monoisotopic (exact) mass is 447 g/mol. The van der Waals surface area contributed by atoms with Gasteiger partial charge < -0.3 is 10.4 Å². The molecule has 2 aromatic rings. The maximum Gasteiger partial charge on any atom is 0.221 e. The van der Waals surface area contributed by atoms with Gasteiger partial charge in [0.2, 0.25) is 5.91 Å². The van der Waals surface area contributed by atoms with E-state index in [1.807, 2.05) is 12.1 Å². The van der Waals surface area contributed by atoms with Gasteiger partial charge in [-0.05, 0) is 48.9 Å². The summed E-state index contributed by atoms with van der Waals surface area (Å²) in [5, 5.41) is 14.2. The number of aliphatic hydroxyl groups is 1. The number of carbonyl (C=O) groups is 1. The van der Waals surface area contributed by atoms with E-state index in [0.717, 1.165) is 55.6 Å². The fourth-order valence-electron chi connectivity index (χ4n) is 4.76. The molecule has 0 bridgehead atoms. The molecule has 7 heteroatoms. The Balaban J connectivity index is 1.77. The molecule has 1 aliphatic carbocycles. The van der Waals surface area contributed by atoms with Crippen molar-refractivity contribution >= 4 is 33.8 Å². The van der Waals surface area contributed by atoms with Crippen LogP contribution >= 0.6 is 22.9 Å². The lowest BCUT2D eigenvalue weighted by Gasteiger charge is -2.40. The van der Waals surface area contributed by atoms with E-state index in [9.17, 15) is 9.90 Å². The highest BCUT2D eigenvalue weighted by Crippen LogP contribution is 2.45. The van der Waals surface area contributed by atoms with Gasteiger partial charge in [0.05, 0.1) is 12.6 Å². The molecule has 0 saturated carbocycles. The van der Waals surface area contributed by atoms with Crippen LogP contribution in [0.2, 0.25) is 5.02 Å². The number of anilines is 1. The van der Waals surface area contributed by atoms with Gasteiger partial charge in [0.25, 0.3) is 0 Å². The van der Waals surface area contributed by atoms with E-state index in [1.165, 1.54) is 34.4 Å². The van der Waals surface area contributed by atoms with Gasteiger partial charge in [0.1, 0.15) is 5.00 Å². The van der Waals surface area contributed by atoms with Gasteiger partial charge in [0, 0.05) is 55.1 Å². The maximum absolute atomic E-state index is 12.0. The van der Waals surface area contributed by atoms with Gasteiger partial charge in [0.15, 0.2) is 0 Å². The van der Waals surface area contributed by atoms with E-state index in [4.69, 9.17) is 11.6 Å².